The van der Waals surface area contributed by atoms with Crippen LogP contribution in [0.1, 0.15) is 22.8 Å². The molecule has 2 rings (SSSR count). The zero-order valence-electron chi connectivity index (χ0n) is 13.4. The Morgan fingerprint density at radius 3 is 2.50 bits per heavy atom. The second-order valence-electron chi connectivity index (χ2n) is 5.03. The first-order valence-electron chi connectivity index (χ1n) is 7.22. The van der Waals surface area contributed by atoms with Crippen molar-refractivity contribution in [2.24, 2.45) is 0 Å². The van der Waals surface area contributed by atoms with Crippen molar-refractivity contribution in [3.63, 3.8) is 0 Å². The molecule has 0 saturated carbocycles. The molecule has 0 aromatic heterocycles. The van der Waals surface area contributed by atoms with Crippen LogP contribution in [0.4, 0.5) is 4.39 Å². The summed E-state index contributed by atoms with van der Waals surface area (Å²) in [6, 6.07) is 13.1. The summed E-state index contributed by atoms with van der Waals surface area (Å²) in [5.41, 5.74) is 1.50. The molecule has 0 radical (unpaired) electrons. The number of ether oxygens (including phenoxy) is 2. The van der Waals surface area contributed by atoms with Crippen LogP contribution in [0, 0.1) is 17.1 Å². The van der Waals surface area contributed by atoms with E-state index in [1.54, 1.807) is 30.3 Å². The van der Waals surface area contributed by atoms with E-state index in [0.717, 1.165) is 5.56 Å². The van der Waals surface area contributed by atoms with Crippen molar-refractivity contribution in [3.8, 4) is 11.8 Å². The molecule has 1 amide bonds. The third kappa shape index (κ3) is 4.09. The highest BCUT2D eigenvalue weighted by Crippen LogP contribution is 2.24. The predicted octanol–water partition coefficient (Wildman–Crippen LogP) is 2.71. The van der Waals surface area contributed by atoms with Gasteiger partial charge in [0.15, 0.2) is 6.10 Å². The Kier molecular flexibility index (Phi) is 5.88. The summed E-state index contributed by atoms with van der Waals surface area (Å²) in [7, 11) is 2.78. The van der Waals surface area contributed by atoms with Gasteiger partial charge in [0.2, 0.25) is 0 Å². The van der Waals surface area contributed by atoms with Gasteiger partial charge in [-0.05, 0) is 29.8 Å². The van der Waals surface area contributed by atoms with Crippen molar-refractivity contribution in [1.29, 1.82) is 5.26 Å². The molecular formula is C18H17FN2O3. The van der Waals surface area contributed by atoms with Crippen LogP contribution < -0.4 is 10.1 Å². The molecule has 2 aromatic carbocycles. The van der Waals surface area contributed by atoms with Gasteiger partial charge in [0.25, 0.3) is 5.91 Å². The van der Waals surface area contributed by atoms with Crippen molar-refractivity contribution >= 4 is 5.91 Å². The summed E-state index contributed by atoms with van der Waals surface area (Å²) in [6.07, 6.45) is -1.06. The quantitative estimate of drug-likeness (QED) is 0.885. The average Bonchev–Trinajstić information content (AvgIpc) is 2.62. The number of carbonyl (C=O) groups excluding carboxylic acids is 1. The monoisotopic (exact) mass is 328 g/mol. The lowest BCUT2D eigenvalue weighted by molar-refractivity contribution is -0.131. The fourth-order valence-electron chi connectivity index (χ4n) is 2.20. The van der Waals surface area contributed by atoms with E-state index in [1.807, 2.05) is 6.07 Å². The van der Waals surface area contributed by atoms with E-state index in [2.05, 4.69) is 5.32 Å². The summed E-state index contributed by atoms with van der Waals surface area (Å²) < 4.78 is 24.2. The first kappa shape index (κ1) is 17.4. The van der Waals surface area contributed by atoms with E-state index in [1.165, 1.54) is 26.4 Å². The highest BCUT2D eigenvalue weighted by atomic mass is 19.1. The van der Waals surface area contributed by atoms with Crippen LogP contribution in [0.25, 0.3) is 0 Å². The van der Waals surface area contributed by atoms with Gasteiger partial charge in [-0.1, -0.05) is 12.1 Å². The molecule has 124 valence electrons. The van der Waals surface area contributed by atoms with Gasteiger partial charge >= 0.3 is 0 Å². The number of methoxy groups -OCH3 is 2. The number of carbonyl (C=O) groups is 1. The normalized spacial score (nSPS) is 11.4. The Balaban J connectivity index is 2.07. The van der Waals surface area contributed by atoms with Gasteiger partial charge in [-0.2, -0.15) is 5.26 Å². The molecule has 5 nitrogen and oxygen atoms in total. The first-order valence-corrected chi connectivity index (χ1v) is 7.22. The maximum Gasteiger partial charge on any atom is 0.254 e. The molecule has 0 saturated heterocycles. The Morgan fingerprint density at radius 2 is 1.96 bits per heavy atom. The number of hydrogen-bond acceptors (Lipinski definition) is 4. The number of nitrogens with zero attached hydrogens (tertiary/aromatic N) is 1. The fraction of sp³-hybridized carbons (Fsp3) is 0.222. The number of rotatable bonds is 6. The van der Waals surface area contributed by atoms with Crippen LogP contribution in [-0.2, 0) is 16.1 Å². The van der Waals surface area contributed by atoms with Crippen LogP contribution >= 0.6 is 0 Å². The molecule has 1 atom stereocenters. The van der Waals surface area contributed by atoms with Gasteiger partial charge in [-0.25, -0.2) is 4.39 Å². The second-order valence-corrected chi connectivity index (χ2v) is 5.03. The van der Waals surface area contributed by atoms with Gasteiger partial charge in [0.1, 0.15) is 11.6 Å². The summed E-state index contributed by atoms with van der Waals surface area (Å²) in [5.74, 6) is -0.662. The van der Waals surface area contributed by atoms with Gasteiger partial charge in [0.05, 0.1) is 18.7 Å². The first-order chi connectivity index (χ1) is 11.6. The van der Waals surface area contributed by atoms with Crippen molar-refractivity contribution in [1.82, 2.24) is 5.32 Å². The van der Waals surface area contributed by atoms with Crippen LogP contribution in [0.15, 0.2) is 42.5 Å². The van der Waals surface area contributed by atoms with Crippen LogP contribution in [0.5, 0.6) is 5.75 Å². The van der Waals surface area contributed by atoms with E-state index in [4.69, 9.17) is 14.7 Å². The maximum atomic E-state index is 14.1. The summed E-state index contributed by atoms with van der Waals surface area (Å²) in [5, 5.41) is 11.5. The average molecular weight is 328 g/mol. The summed E-state index contributed by atoms with van der Waals surface area (Å²) in [6.45, 7) is 0.252. The standard InChI is InChI=1S/C18H17FN2O3/c1-23-14-7-8-15(16(19)9-14)17(24-2)18(22)21-11-13-5-3-12(10-20)4-6-13/h3-9,17H,11H2,1-2H3,(H,21,22). The smallest absolute Gasteiger partial charge is 0.254 e. The number of halogens is 1. The minimum absolute atomic E-state index is 0.135. The third-order valence-electron chi connectivity index (χ3n) is 3.51. The number of nitriles is 1. The Bertz CT molecular complexity index is 754. The molecule has 1 unspecified atom stereocenters. The molecule has 2 aromatic rings. The van der Waals surface area contributed by atoms with Gasteiger partial charge in [-0.3, -0.25) is 4.79 Å². The largest absolute Gasteiger partial charge is 0.497 e. The second kappa shape index (κ2) is 8.09. The fourth-order valence-corrected chi connectivity index (χ4v) is 2.20. The molecule has 1 N–H and O–H groups in total. The molecule has 24 heavy (non-hydrogen) atoms. The Morgan fingerprint density at radius 1 is 1.25 bits per heavy atom. The molecule has 0 aliphatic heterocycles. The zero-order chi connectivity index (χ0) is 17.5. The highest BCUT2D eigenvalue weighted by Gasteiger charge is 2.23. The third-order valence-corrected chi connectivity index (χ3v) is 3.51. The van der Waals surface area contributed by atoms with Crippen molar-refractivity contribution < 1.29 is 18.7 Å². The van der Waals surface area contributed by atoms with Crippen LogP contribution in [0.3, 0.4) is 0 Å². The molecular weight excluding hydrogens is 311 g/mol. The van der Waals surface area contributed by atoms with E-state index in [9.17, 15) is 9.18 Å². The lowest BCUT2D eigenvalue weighted by Crippen LogP contribution is -2.30. The number of amides is 1. The molecule has 0 aliphatic carbocycles. The van der Waals surface area contributed by atoms with Crippen molar-refractivity contribution in [2.75, 3.05) is 14.2 Å². The predicted molar refractivity (Wildman–Crippen MR) is 85.7 cm³/mol. The molecule has 0 spiro atoms. The Hall–Kier alpha value is -2.91. The van der Waals surface area contributed by atoms with Gasteiger partial charge < -0.3 is 14.8 Å². The minimum Gasteiger partial charge on any atom is -0.497 e. The SMILES string of the molecule is COc1ccc(C(OC)C(=O)NCc2ccc(C#N)cc2)c(F)c1. The van der Waals surface area contributed by atoms with Crippen LogP contribution in [-0.4, -0.2) is 20.1 Å². The molecule has 0 bridgehead atoms. The summed E-state index contributed by atoms with van der Waals surface area (Å²) >= 11 is 0. The van der Waals surface area contributed by atoms with Crippen LogP contribution in [0.2, 0.25) is 0 Å². The maximum absolute atomic E-state index is 14.1. The van der Waals surface area contributed by atoms with E-state index < -0.39 is 17.8 Å². The lowest BCUT2D eigenvalue weighted by atomic mass is 10.1. The molecule has 0 fully saturated rings. The minimum atomic E-state index is -1.06. The Labute approximate surface area is 139 Å². The van der Waals surface area contributed by atoms with E-state index in [0.29, 0.717) is 11.3 Å². The highest BCUT2D eigenvalue weighted by molar-refractivity contribution is 5.82. The van der Waals surface area contributed by atoms with E-state index in [-0.39, 0.29) is 12.1 Å². The molecule has 6 heteroatoms. The van der Waals surface area contributed by atoms with Gasteiger partial charge in [0, 0.05) is 25.3 Å². The van der Waals surface area contributed by atoms with Gasteiger partial charge in [-0.15, -0.1) is 0 Å². The molecule has 0 aliphatic rings. The number of benzene rings is 2. The van der Waals surface area contributed by atoms with E-state index >= 15 is 0 Å². The number of hydrogen-bond donors (Lipinski definition) is 1. The van der Waals surface area contributed by atoms with Crippen molar-refractivity contribution in [3.05, 3.63) is 65.0 Å². The summed E-state index contributed by atoms with van der Waals surface area (Å²) in [4.78, 5) is 12.3. The van der Waals surface area contributed by atoms with Crippen molar-refractivity contribution in [2.45, 2.75) is 12.6 Å². The zero-order valence-corrected chi connectivity index (χ0v) is 13.4. The number of nitrogens with one attached hydrogen (secondary N) is 1. The topological polar surface area (TPSA) is 71.3 Å². The lowest BCUT2D eigenvalue weighted by Gasteiger charge is -2.17. The molecule has 0 heterocycles.